The Morgan fingerprint density at radius 2 is 1.62 bits per heavy atom. The third-order valence-electron chi connectivity index (χ3n) is 3.74. The number of aromatic nitrogens is 2. The molecule has 0 radical (unpaired) electrons. The second kappa shape index (κ2) is 7.44. The highest BCUT2D eigenvalue weighted by Gasteiger charge is 2.06. The van der Waals surface area contributed by atoms with Crippen LogP contribution in [0.25, 0.3) is 0 Å². The van der Waals surface area contributed by atoms with Gasteiger partial charge in [-0.15, -0.1) is 0 Å². The fourth-order valence-electron chi connectivity index (χ4n) is 2.53. The first-order valence-electron chi connectivity index (χ1n) is 8.15. The van der Waals surface area contributed by atoms with Gasteiger partial charge in [0.05, 0.1) is 6.54 Å². The predicted molar refractivity (Wildman–Crippen MR) is 88.2 cm³/mol. The molecule has 2 nitrogen and oxygen atoms in total. The fourth-order valence-corrected chi connectivity index (χ4v) is 2.53. The van der Waals surface area contributed by atoms with Crippen molar-refractivity contribution in [3.8, 4) is 0 Å². The minimum absolute atomic E-state index is 0.722. The lowest BCUT2D eigenvalue weighted by Gasteiger charge is -2.05. The molecule has 114 valence electrons. The Kier molecular flexibility index (Phi) is 5.60. The van der Waals surface area contributed by atoms with E-state index >= 15 is 0 Å². The van der Waals surface area contributed by atoms with Gasteiger partial charge in [0.25, 0.3) is 0 Å². The maximum Gasteiger partial charge on any atom is 0.244 e. The standard InChI is InChI=1S/C19H29N2/c1-16(2)9-10-20-11-12-21(15-20)14-19-7-5-18(6-8-19)13-17(3)4/h5-8,11-12,15-17H,9-10,13-14H2,1-4H3/q+1. The number of aryl methyl sites for hydroxylation is 1. The maximum absolute atomic E-state index is 2.28. The lowest BCUT2D eigenvalue weighted by molar-refractivity contribution is -0.687. The van der Waals surface area contributed by atoms with Gasteiger partial charge in [-0.25, -0.2) is 9.13 Å². The van der Waals surface area contributed by atoms with Gasteiger partial charge in [-0.05, 0) is 35.8 Å². The van der Waals surface area contributed by atoms with Crippen molar-refractivity contribution in [2.45, 2.75) is 53.6 Å². The molecule has 0 aliphatic carbocycles. The molecule has 1 heterocycles. The number of benzene rings is 1. The third-order valence-corrected chi connectivity index (χ3v) is 3.74. The van der Waals surface area contributed by atoms with Gasteiger partial charge in [0, 0.05) is 0 Å². The van der Waals surface area contributed by atoms with Crippen LogP contribution in [0.3, 0.4) is 0 Å². The Hall–Kier alpha value is -1.57. The molecule has 0 fully saturated rings. The van der Waals surface area contributed by atoms with E-state index in [0.29, 0.717) is 0 Å². The number of hydrogen-bond donors (Lipinski definition) is 0. The first-order valence-corrected chi connectivity index (χ1v) is 8.15. The number of hydrogen-bond acceptors (Lipinski definition) is 0. The topological polar surface area (TPSA) is 8.81 Å². The molecule has 1 aromatic heterocycles. The Morgan fingerprint density at radius 3 is 2.24 bits per heavy atom. The van der Waals surface area contributed by atoms with Crippen LogP contribution in [0.5, 0.6) is 0 Å². The average molecular weight is 285 g/mol. The molecule has 0 saturated carbocycles. The van der Waals surface area contributed by atoms with E-state index in [1.165, 1.54) is 24.0 Å². The van der Waals surface area contributed by atoms with E-state index in [-0.39, 0.29) is 0 Å². The number of imidazole rings is 1. The zero-order chi connectivity index (χ0) is 15.2. The molecule has 2 rings (SSSR count). The van der Waals surface area contributed by atoms with Gasteiger partial charge in [0.15, 0.2) is 0 Å². The first-order chi connectivity index (χ1) is 10.0. The highest BCUT2D eigenvalue weighted by molar-refractivity contribution is 5.22. The largest absolute Gasteiger partial charge is 0.244 e. The maximum atomic E-state index is 2.28. The molecule has 0 aliphatic rings. The van der Waals surface area contributed by atoms with Crippen LogP contribution < -0.4 is 4.57 Å². The summed E-state index contributed by atoms with van der Waals surface area (Å²) in [4.78, 5) is 0. The summed E-state index contributed by atoms with van der Waals surface area (Å²) in [5.41, 5.74) is 2.81. The summed E-state index contributed by atoms with van der Waals surface area (Å²) >= 11 is 0. The van der Waals surface area contributed by atoms with E-state index in [1.54, 1.807) is 0 Å². The molecule has 0 unspecified atom stereocenters. The zero-order valence-electron chi connectivity index (χ0n) is 13.9. The van der Waals surface area contributed by atoms with E-state index in [4.69, 9.17) is 0 Å². The summed E-state index contributed by atoms with van der Waals surface area (Å²) < 4.78 is 4.55. The summed E-state index contributed by atoms with van der Waals surface area (Å²) in [7, 11) is 0. The number of nitrogens with zero attached hydrogens (tertiary/aromatic N) is 2. The second-order valence-electron chi connectivity index (χ2n) is 6.92. The molecule has 0 N–H and O–H groups in total. The van der Waals surface area contributed by atoms with Crippen LogP contribution in [0, 0.1) is 11.8 Å². The van der Waals surface area contributed by atoms with Crippen LogP contribution in [-0.4, -0.2) is 4.57 Å². The van der Waals surface area contributed by atoms with Crippen molar-refractivity contribution in [3.05, 3.63) is 54.1 Å². The van der Waals surface area contributed by atoms with Gasteiger partial charge >= 0.3 is 0 Å². The lowest BCUT2D eigenvalue weighted by atomic mass is 10.0. The van der Waals surface area contributed by atoms with Crippen molar-refractivity contribution in [1.29, 1.82) is 0 Å². The van der Waals surface area contributed by atoms with Crippen LogP contribution in [0.15, 0.2) is 43.0 Å². The summed E-state index contributed by atoms with van der Waals surface area (Å²) in [5.74, 6) is 1.48. The quantitative estimate of drug-likeness (QED) is 0.678. The van der Waals surface area contributed by atoms with Gasteiger partial charge in [-0.1, -0.05) is 52.0 Å². The zero-order valence-corrected chi connectivity index (χ0v) is 13.9. The normalized spacial score (nSPS) is 11.5. The Bertz CT molecular complexity index is 535. The fraction of sp³-hybridized carbons (Fsp3) is 0.526. The molecule has 0 amide bonds. The van der Waals surface area contributed by atoms with E-state index in [2.05, 4.69) is 79.8 Å². The van der Waals surface area contributed by atoms with Crippen molar-refractivity contribution in [2.75, 3.05) is 0 Å². The first kappa shape index (κ1) is 15.8. The molecule has 0 saturated heterocycles. The minimum atomic E-state index is 0.722. The molecule has 0 spiro atoms. The molecule has 0 bridgehead atoms. The Morgan fingerprint density at radius 1 is 0.952 bits per heavy atom. The third kappa shape index (κ3) is 5.37. The smallest absolute Gasteiger partial charge is 0.237 e. The second-order valence-corrected chi connectivity index (χ2v) is 6.92. The predicted octanol–water partition coefficient (Wildman–Crippen LogP) is 4.07. The van der Waals surface area contributed by atoms with Gasteiger partial charge in [-0.3, -0.25) is 0 Å². The van der Waals surface area contributed by atoms with E-state index in [0.717, 1.165) is 24.9 Å². The SMILES string of the molecule is CC(C)CCn1cc[n+](Cc2ccc(CC(C)C)cc2)c1. The Balaban J connectivity index is 1.92. The number of rotatable bonds is 7. The summed E-state index contributed by atoms with van der Waals surface area (Å²) in [6, 6.07) is 9.06. The van der Waals surface area contributed by atoms with E-state index < -0.39 is 0 Å². The van der Waals surface area contributed by atoms with Crippen molar-refractivity contribution < 1.29 is 4.57 Å². The van der Waals surface area contributed by atoms with Gasteiger partial charge in [0.2, 0.25) is 6.33 Å². The molecular weight excluding hydrogens is 256 g/mol. The summed E-state index contributed by atoms with van der Waals surface area (Å²) in [6.45, 7) is 11.1. The van der Waals surface area contributed by atoms with Gasteiger partial charge < -0.3 is 0 Å². The highest BCUT2D eigenvalue weighted by atomic mass is 15.1. The van der Waals surface area contributed by atoms with Crippen molar-refractivity contribution >= 4 is 0 Å². The molecule has 2 aromatic rings. The Labute approximate surface area is 129 Å². The van der Waals surface area contributed by atoms with Crippen LogP contribution in [0.4, 0.5) is 0 Å². The van der Waals surface area contributed by atoms with Crippen LogP contribution in [-0.2, 0) is 19.5 Å². The van der Waals surface area contributed by atoms with Crippen LogP contribution >= 0.6 is 0 Å². The monoisotopic (exact) mass is 285 g/mol. The van der Waals surface area contributed by atoms with E-state index in [9.17, 15) is 0 Å². The van der Waals surface area contributed by atoms with Gasteiger partial charge in [0.1, 0.15) is 18.9 Å². The van der Waals surface area contributed by atoms with Crippen LogP contribution in [0.2, 0.25) is 0 Å². The summed E-state index contributed by atoms with van der Waals surface area (Å²) in [5, 5.41) is 0. The molecular formula is C19H29N2+. The van der Waals surface area contributed by atoms with E-state index in [1.807, 2.05) is 0 Å². The molecule has 0 aliphatic heterocycles. The molecule has 0 atom stereocenters. The molecule has 2 heteroatoms. The lowest BCUT2D eigenvalue weighted by Crippen LogP contribution is -2.31. The van der Waals surface area contributed by atoms with Crippen molar-refractivity contribution in [2.24, 2.45) is 11.8 Å². The molecule has 1 aromatic carbocycles. The minimum Gasteiger partial charge on any atom is -0.237 e. The summed E-state index contributed by atoms with van der Waals surface area (Å²) in [6.07, 6.45) is 8.96. The van der Waals surface area contributed by atoms with Gasteiger partial charge in [-0.2, -0.15) is 0 Å². The van der Waals surface area contributed by atoms with Crippen LogP contribution in [0.1, 0.15) is 45.2 Å². The molecule has 21 heavy (non-hydrogen) atoms. The van der Waals surface area contributed by atoms with Crippen molar-refractivity contribution in [3.63, 3.8) is 0 Å². The highest BCUT2D eigenvalue weighted by Crippen LogP contribution is 2.09. The van der Waals surface area contributed by atoms with Crippen molar-refractivity contribution in [1.82, 2.24) is 4.57 Å². The average Bonchev–Trinajstić information content (AvgIpc) is 2.86.